The molecule has 1 aliphatic rings. The number of thioether (sulfide) groups is 1. The maximum Gasteiger partial charge on any atom is 0.235 e. The van der Waals surface area contributed by atoms with Crippen LogP contribution in [0.25, 0.3) is 0 Å². The summed E-state index contributed by atoms with van der Waals surface area (Å²) in [5.74, 6) is 0.648. The molecule has 26 heavy (non-hydrogen) atoms. The van der Waals surface area contributed by atoms with Gasteiger partial charge < -0.3 is 5.32 Å². The molecular weight excluding hydrogens is 368 g/mol. The molecule has 0 fully saturated rings. The lowest BCUT2D eigenvalue weighted by molar-refractivity contribution is -0.113. The normalized spacial score (nSPS) is 16.8. The lowest BCUT2D eigenvalue weighted by atomic mass is 9.72. The highest BCUT2D eigenvalue weighted by Gasteiger charge is 2.32. The van der Waals surface area contributed by atoms with Gasteiger partial charge in [-0.05, 0) is 46.6 Å². The van der Waals surface area contributed by atoms with Crippen LogP contribution in [0.15, 0.2) is 5.16 Å². The van der Waals surface area contributed by atoms with Crippen molar-refractivity contribution in [3.8, 4) is 6.07 Å². The molecule has 1 N–H and O–H groups in total. The number of rotatable bonds is 4. The Balaban J connectivity index is 1.71. The van der Waals surface area contributed by atoms with Crippen molar-refractivity contribution in [1.29, 1.82) is 5.26 Å². The zero-order valence-corrected chi connectivity index (χ0v) is 17.0. The summed E-state index contributed by atoms with van der Waals surface area (Å²) in [5, 5.41) is 24.9. The second-order valence-corrected chi connectivity index (χ2v) is 9.60. The lowest BCUT2D eigenvalue weighted by Gasteiger charge is -2.33. The Morgan fingerprint density at radius 3 is 2.88 bits per heavy atom. The van der Waals surface area contributed by atoms with Gasteiger partial charge in [-0.2, -0.15) is 5.26 Å². The third-order valence-corrected chi connectivity index (χ3v) is 6.95. The molecule has 0 radical (unpaired) electrons. The summed E-state index contributed by atoms with van der Waals surface area (Å²) in [6, 6.07) is 2.29. The van der Waals surface area contributed by atoms with E-state index >= 15 is 0 Å². The van der Waals surface area contributed by atoms with Crippen LogP contribution in [0, 0.1) is 22.7 Å². The smallest absolute Gasteiger partial charge is 0.235 e. The third kappa shape index (κ3) is 3.91. The van der Waals surface area contributed by atoms with Gasteiger partial charge in [-0.1, -0.05) is 32.5 Å². The van der Waals surface area contributed by atoms with E-state index in [9.17, 15) is 10.1 Å². The maximum atomic E-state index is 12.3. The number of amides is 1. The molecule has 3 rings (SSSR count). The number of hydrogen-bond donors (Lipinski definition) is 1. The van der Waals surface area contributed by atoms with Crippen LogP contribution in [0.2, 0.25) is 0 Å². The second-order valence-electron chi connectivity index (χ2n) is 7.55. The number of carbonyl (C=O) groups is 1. The third-order valence-electron chi connectivity index (χ3n) is 4.77. The number of carbonyl (C=O) groups excluding carboxylic acids is 1. The van der Waals surface area contributed by atoms with Crippen LogP contribution in [0.4, 0.5) is 5.00 Å². The minimum atomic E-state index is -0.152. The number of tetrazole rings is 1. The Hall–Kier alpha value is -1.92. The fraction of sp³-hybridized carbons (Fsp3) is 0.588. The van der Waals surface area contributed by atoms with E-state index in [2.05, 4.69) is 47.7 Å². The van der Waals surface area contributed by atoms with Crippen molar-refractivity contribution in [3.05, 3.63) is 16.0 Å². The molecule has 2 heterocycles. The Kier molecular flexibility index (Phi) is 5.34. The van der Waals surface area contributed by atoms with E-state index in [-0.39, 0.29) is 17.1 Å². The van der Waals surface area contributed by atoms with Gasteiger partial charge in [-0.25, -0.2) is 4.68 Å². The number of nitrogens with one attached hydrogen (secondary N) is 1. The average molecular weight is 391 g/mol. The SMILES string of the molecule is Cn1nnnc1SCC(=O)Nc1sc2c(c1C#N)CC[C@@H](C(C)(C)C)C2. The number of thiophene rings is 1. The highest BCUT2D eigenvalue weighted by Crippen LogP contribution is 2.44. The first-order valence-corrected chi connectivity index (χ1v) is 10.3. The van der Waals surface area contributed by atoms with Crippen LogP contribution in [0.1, 0.15) is 43.2 Å². The Labute approximate surface area is 161 Å². The molecular formula is C17H22N6OS2. The van der Waals surface area contributed by atoms with Crippen LogP contribution in [-0.4, -0.2) is 31.9 Å². The van der Waals surface area contributed by atoms with Gasteiger partial charge in [0.1, 0.15) is 11.1 Å². The molecule has 7 nitrogen and oxygen atoms in total. The summed E-state index contributed by atoms with van der Waals surface area (Å²) in [4.78, 5) is 13.6. The van der Waals surface area contributed by atoms with Crippen LogP contribution in [0.5, 0.6) is 0 Å². The highest BCUT2D eigenvalue weighted by atomic mass is 32.2. The van der Waals surface area contributed by atoms with E-state index in [0.717, 1.165) is 24.8 Å². The van der Waals surface area contributed by atoms with E-state index in [1.165, 1.54) is 21.3 Å². The molecule has 1 amide bonds. The average Bonchev–Trinajstić information content (AvgIpc) is 3.13. The summed E-state index contributed by atoms with van der Waals surface area (Å²) < 4.78 is 1.52. The Morgan fingerprint density at radius 2 is 2.27 bits per heavy atom. The first-order valence-electron chi connectivity index (χ1n) is 8.49. The van der Waals surface area contributed by atoms with Crippen molar-refractivity contribution in [3.63, 3.8) is 0 Å². The number of fused-ring (bicyclic) bond motifs is 1. The van der Waals surface area contributed by atoms with Gasteiger partial charge in [0.25, 0.3) is 0 Å². The van der Waals surface area contributed by atoms with E-state index < -0.39 is 0 Å². The fourth-order valence-electron chi connectivity index (χ4n) is 3.17. The molecule has 1 aliphatic carbocycles. The van der Waals surface area contributed by atoms with Gasteiger partial charge in [-0.15, -0.1) is 16.4 Å². The minimum absolute atomic E-state index is 0.152. The number of nitriles is 1. The molecule has 2 aromatic heterocycles. The van der Waals surface area contributed by atoms with E-state index in [0.29, 0.717) is 21.6 Å². The molecule has 0 aromatic carbocycles. The zero-order valence-electron chi connectivity index (χ0n) is 15.4. The van der Waals surface area contributed by atoms with E-state index in [4.69, 9.17) is 0 Å². The number of aromatic nitrogens is 4. The predicted octanol–water partition coefficient (Wildman–Crippen LogP) is 3.03. The summed E-state index contributed by atoms with van der Waals surface area (Å²) in [6.07, 6.45) is 2.98. The predicted molar refractivity (Wildman–Crippen MR) is 102 cm³/mol. The van der Waals surface area contributed by atoms with E-state index in [1.54, 1.807) is 18.4 Å². The Bertz CT molecular complexity index is 858. The van der Waals surface area contributed by atoms with Crippen LogP contribution in [0.3, 0.4) is 0 Å². The van der Waals surface area contributed by atoms with Gasteiger partial charge in [0.15, 0.2) is 0 Å². The second kappa shape index (κ2) is 7.37. The highest BCUT2D eigenvalue weighted by molar-refractivity contribution is 7.99. The monoisotopic (exact) mass is 390 g/mol. The van der Waals surface area contributed by atoms with Crippen molar-refractivity contribution >= 4 is 34.0 Å². The quantitative estimate of drug-likeness (QED) is 0.806. The minimum Gasteiger partial charge on any atom is -0.316 e. The molecule has 2 aromatic rings. The van der Waals surface area contributed by atoms with Crippen molar-refractivity contribution in [1.82, 2.24) is 20.2 Å². The lowest BCUT2D eigenvalue weighted by Crippen LogP contribution is -2.26. The molecule has 9 heteroatoms. The molecule has 0 saturated heterocycles. The van der Waals surface area contributed by atoms with Crippen molar-refractivity contribution in [2.24, 2.45) is 18.4 Å². The Morgan fingerprint density at radius 1 is 1.50 bits per heavy atom. The number of anilines is 1. The van der Waals surface area contributed by atoms with Crippen molar-refractivity contribution < 1.29 is 4.79 Å². The topological polar surface area (TPSA) is 96.5 Å². The van der Waals surface area contributed by atoms with E-state index in [1.807, 2.05) is 0 Å². The number of hydrogen-bond acceptors (Lipinski definition) is 7. The van der Waals surface area contributed by atoms with Crippen molar-refractivity contribution in [2.75, 3.05) is 11.1 Å². The zero-order chi connectivity index (χ0) is 18.9. The number of aryl methyl sites for hydroxylation is 1. The van der Waals surface area contributed by atoms with Gasteiger partial charge in [-0.3, -0.25) is 4.79 Å². The standard InChI is InChI=1S/C17H22N6OS2/c1-17(2,3)10-5-6-11-12(8-18)15(26-13(11)7-10)19-14(24)9-25-16-20-21-22-23(16)4/h10H,5-7,9H2,1-4H3,(H,19,24)/t10-/m1/s1. The molecule has 0 spiro atoms. The molecule has 1 atom stereocenters. The van der Waals surface area contributed by atoms with Gasteiger partial charge in [0.2, 0.25) is 11.1 Å². The molecule has 0 aliphatic heterocycles. The summed E-state index contributed by atoms with van der Waals surface area (Å²) in [5.41, 5.74) is 2.01. The first-order chi connectivity index (χ1) is 12.3. The molecule has 0 unspecified atom stereocenters. The first kappa shape index (κ1) is 18.9. The largest absolute Gasteiger partial charge is 0.316 e. The van der Waals surface area contributed by atoms with Crippen LogP contribution in [-0.2, 0) is 24.7 Å². The van der Waals surface area contributed by atoms with Crippen LogP contribution < -0.4 is 5.32 Å². The van der Waals surface area contributed by atoms with Crippen LogP contribution >= 0.6 is 23.1 Å². The molecule has 138 valence electrons. The van der Waals surface area contributed by atoms with Crippen molar-refractivity contribution in [2.45, 2.75) is 45.2 Å². The molecule has 0 bridgehead atoms. The summed E-state index contributed by atoms with van der Waals surface area (Å²) >= 11 is 2.82. The maximum absolute atomic E-state index is 12.3. The fourth-order valence-corrected chi connectivity index (χ4v) is 5.11. The molecule has 0 saturated carbocycles. The van der Waals surface area contributed by atoms with Gasteiger partial charge in [0, 0.05) is 11.9 Å². The van der Waals surface area contributed by atoms with Gasteiger partial charge in [0.05, 0.1) is 11.3 Å². The number of nitrogens with zero attached hydrogens (tertiary/aromatic N) is 5. The summed E-state index contributed by atoms with van der Waals surface area (Å²) in [6.45, 7) is 6.80. The summed E-state index contributed by atoms with van der Waals surface area (Å²) in [7, 11) is 1.73. The van der Waals surface area contributed by atoms with Gasteiger partial charge >= 0.3 is 0 Å².